The maximum Gasteiger partial charge on any atom is 0.264 e. The number of carbonyl (C=O) groups is 1. The average Bonchev–Trinajstić information content (AvgIpc) is 3.46. The van der Waals surface area contributed by atoms with Crippen LogP contribution in [0.15, 0.2) is 65.8 Å². The topological polar surface area (TPSA) is 95.1 Å². The summed E-state index contributed by atoms with van der Waals surface area (Å²) in [4.78, 5) is 37.0. The van der Waals surface area contributed by atoms with Crippen LogP contribution in [0, 0.1) is 0 Å². The Kier molecular flexibility index (Phi) is 6.28. The van der Waals surface area contributed by atoms with Crippen molar-refractivity contribution in [3.05, 3.63) is 77.0 Å². The van der Waals surface area contributed by atoms with E-state index in [1.165, 1.54) is 28.4 Å². The van der Waals surface area contributed by atoms with E-state index in [1.807, 2.05) is 55.5 Å². The zero-order valence-electron chi connectivity index (χ0n) is 19.4. The monoisotopic (exact) mass is 488 g/mol. The van der Waals surface area contributed by atoms with Crippen molar-refractivity contribution in [1.82, 2.24) is 24.3 Å². The molecule has 35 heavy (non-hydrogen) atoms. The van der Waals surface area contributed by atoms with Crippen LogP contribution in [0.1, 0.15) is 18.9 Å². The normalized spacial score (nSPS) is 11.3. The van der Waals surface area contributed by atoms with Crippen molar-refractivity contribution >= 4 is 43.6 Å². The van der Waals surface area contributed by atoms with Gasteiger partial charge in [-0.3, -0.25) is 23.7 Å². The van der Waals surface area contributed by atoms with Crippen molar-refractivity contribution in [2.24, 2.45) is 7.05 Å². The number of fused-ring (bicyclic) bond motifs is 2. The van der Waals surface area contributed by atoms with E-state index < -0.39 is 0 Å². The maximum atomic E-state index is 13.5. The van der Waals surface area contributed by atoms with E-state index in [-0.39, 0.29) is 24.4 Å². The van der Waals surface area contributed by atoms with Crippen molar-refractivity contribution < 1.29 is 9.53 Å². The van der Waals surface area contributed by atoms with Crippen LogP contribution in [-0.2, 0) is 24.9 Å². The molecule has 0 aliphatic heterocycles. The molecule has 0 unspecified atom stereocenters. The van der Waals surface area contributed by atoms with Gasteiger partial charge in [-0.05, 0) is 30.7 Å². The van der Waals surface area contributed by atoms with Gasteiger partial charge in [-0.15, -0.1) is 0 Å². The number of anilines is 1. The molecule has 0 radical (unpaired) electrons. The fourth-order valence-electron chi connectivity index (χ4n) is 3.87. The molecule has 0 saturated heterocycles. The maximum absolute atomic E-state index is 13.5. The summed E-state index contributed by atoms with van der Waals surface area (Å²) >= 11 is 1.44. The van der Waals surface area contributed by atoms with Crippen molar-refractivity contribution in [1.29, 1.82) is 0 Å². The van der Waals surface area contributed by atoms with E-state index in [1.54, 1.807) is 16.6 Å². The van der Waals surface area contributed by atoms with Crippen LogP contribution in [0.2, 0.25) is 0 Å². The Morgan fingerprint density at radius 1 is 1.17 bits per heavy atom. The van der Waals surface area contributed by atoms with Gasteiger partial charge in [0.15, 0.2) is 10.8 Å². The Bertz CT molecular complexity index is 1560. The molecule has 0 atom stereocenters. The van der Waals surface area contributed by atoms with Gasteiger partial charge >= 0.3 is 0 Å². The zero-order chi connectivity index (χ0) is 24.4. The highest BCUT2D eigenvalue weighted by Gasteiger charge is 2.21. The first-order chi connectivity index (χ1) is 17.0. The SMILES string of the molecule is CCOc1ccc2nc(N(Cc3ccccc3)C(=O)CCn3cnc4c(cnn4C)c3=O)sc2c1. The summed E-state index contributed by atoms with van der Waals surface area (Å²) in [5.74, 6) is 0.643. The Morgan fingerprint density at radius 2 is 2.00 bits per heavy atom. The molecule has 1 amide bonds. The predicted molar refractivity (Wildman–Crippen MR) is 136 cm³/mol. The second kappa shape index (κ2) is 9.67. The van der Waals surface area contributed by atoms with E-state index in [9.17, 15) is 9.59 Å². The van der Waals surface area contributed by atoms with Crippen molar-refractivity contribution in [2.45, 2.75) is 26.4 Å². The van der Waals surface area contributed by atoms with Gasteiger partial charge < -0.3 is 4.74 Å². The van der Waals surface area contributed by atoms with Crippen molar-refractivity contribution in [2.75, 3.05) is 11.5 Å². The van der Waals surface area contributed by atoms with Gasteiger partial charge in [0.1, 0.15) is 11.1 Å². The molecule has 3 heterocycles. The summed E-state index contributed by atoms with van der Waals surface area (Å²) in [7, 11) is 1.74. The molecule has 0 aliphatic rings. The number of benzene rings is 2. The number of hydrogen-bond acceptors (Lipinski definition) is 7. The first-order valence-corrected chi connectivity index (χ1v) is 12.1. The van der Waals surface area contributed by atoms with E-state index in [0.29, 0.717) is 29.3 Å². The standard InChI is InChI=1S/C25H24N6O3S/c1-3-34-18-9-10-20-21(13-18)35-25(28-20)31(15-17-7-5-4-6-8-17)22(32)11-12-30-16-26-23-19(24(30)33)14-27-29(23)2/h4-10,13-14,16H,3,11-12,15H2,1-2H3. The lowest BCUT2D eigenvalue weighted by Crippen LogP contribution is -2.32. The average molecular weight is 489 g/mol. The third-order valence-electron chi connectivity index (χ3n) is 5.66. The van der Waals surface area contributed by atoms with Crippen LogP contribution < -0.4 is 15.2 Å². The summed E-state index contributed by atoms with van der Waals surface area (Å²) in [6.07, 6.45) is 3.09. The number of aromatic nitrogens is 5. The van der Waals surface area contributed by atoms with E-state index in [2.05, 4.69) is 10.1 Å². The molecule has 0 fully saturated rings. The number of nitrogens with zero attached hydrogens (tertiary/aromatic N) is 6. The minimum absolute atomic E-state index is 0.125. The Hall–Kier alpha value is -4.05. The third kappa shape index (κ3) is 4.65. The summed E-state index contributed by atoms with van der Waals surface area (Å²) in [5.41, 5.74) is 2.10. The van der Waals surface area contributed by atoms with Gasteiger partial charge in [0.05, 0.1) is 35.9 Å². The fraction of sp³-hybridized carbons (Fsp3) is 0.240. The molecule has 9 nitrogen and oxygen atoms in total. The van der Waals surface area contributed by atoms with E-state index >= 15 is 0 Å². The minimum atomic E-state index is -0.214. The van der Waals surface area contributed by atoms with Gasteiger partial charge in [0, 0.05) is 20.0 Å². The lowest BCUT2D eigenvalue weighted by atomic mass is 10.2. The zero-order valence-corrected chi connectivity index (χ0v) is 20.2. The molecular weight excluding hydrogens is 464 g/mol. The van der Waals surface area contributed by atoms with Crippen LogP contribution in [0.5, 0.6) is 5.75 Å². The Morgan fingerprint density at radius 3 is 2.80 bits per heavy atom. The van der Waals surface area contributed by atoms with Crippen molar-refractivity contribution in [3.63, 3.8) is 0 Å². The van der Waals surface area contributed by atoms with Crippen LogP contribution in [0.3, 0.4) is 0 Å². The third-order valence-corrected chi connectivity index (χ3v) is 6.70. The molecule has 0 aliphatic carbocycles. The van der Waals surface area contributed by atoms with Crippen LogP contribution in [0.25, 0.3) is 21.3 Å². The largest absolute Gasteiger partial charge is 0.494 e. The molecule has 5 rings (SSSR count). The molecule has 2 aromatic carbocycles. The van der Waals surface area contributed by atoms with Gasteiger partial charge in [-0.1, -0.05) is 41.7 Å². The fourth-order valence-corrected chi connectivity index (χ4v) is 4.88. The van der Waals surface area contributed by atoms with Gasteiger partial charge in [-0.2, -0.15) is 5.10 Å². The molecule has 10 heteroatoms. The van der Waals surface area contributed by atoms with Gasteiger partial charge in [0.2, 0.25) is 5.91 Å². The number of thiazole rings is 1. The molecule has 0 N–H and O–H groups in total. The first-order valence-electron chi connectivity index (χ1n) is 11.3. The molecule has 178 valence electrons. The second-order valence-electron chi connectivity index (χ2n) is 8.02. The molecule has 3 aromatic heterocycles. The molecule has 5 aromatic rings. The number of amides is 1. The van der Waals surface area contributed by atoms with Gasteiger partial charge in [-0.25, -0.2) is 9.97 Å². The highest BCUT2D eigenvalue weighted by molar-refractivity contribution is 7.22. The van der Waals surface area contributed by atoms with E-state index in [4.69, 9.17) is 9.72 Å². The first kappa shape index (κ1) is 22.7. The molecule has 0 spiro atoms. The minimum Gasteiger partial charge on any atom is -0.494 e. The molecular formula is C25H24N6O3S. The number of carbonyl (C=O) groups excluding carboxylic acids is 1. The predicted octanol–water partition coefficient (Wildman–Crippen LogP) is 3.76. The quantitative estimate of drug-likeness (QED) is 0.330. The van der Waals surface area contributed by atoms with Crippen LogP contribution in [-0.4, -0.2) is 36.8 Å². The molecule has 0 bridgehead atoms. The summed E-state index contributed by atoms with van der Waals surface area (Å²) < 4.78 is 9.56. The number of aryl methyl sites for hydroxylation is 2. The lowest BCUT2D eigenvalue weighted by molar-refractivity contribution is -0.119. The Balaban J connectivity index is 1.43. The number of hydrogen-bond donors (Lipinski definition) is 0. The summed E-state index contributed by atoms with van der Waals surface area (Å²) in [6.45, 7) is 3.11. The lowest BCUT2D eigenvalue weighted by Gasteiger charge is -2.20. The van der Waals surface area contributed by atoms with Crippen LogP contribution in [0.4, 0.5) is 5.13 Å². The smallest absolute Gasteiger partial charge is 0.264 e. The summed E-state index contributed by atoms with van der Waals surface area (Å²) in [5, 5.41) is 5.13. The van der Waals surface area contributed by atoms with Crippen LogP contribution >= 0.6 is 11.3 Å². The summed E-state index contributed by atoms with van der Waals surface area (Å²) in [6, 6.07) is 15.5. The van der Waals surface area contributed by atoms with Crippen molar-refractivity contribution in [3.8, 4) is 5.75 Å². The number of ether oxygens (including phenoxy) is 1. The highest BCUT2D eigenvalue weighted by atomic mass is 32.1. The highest BCUT2D eigenvalue weighted by Crippen LogP contribution is 2.32. The number of rotatable bonds is 8. The Labute approximate surface area is 205 Å². The molecule has 0 saturated carbocycles. The van der Waals surface area contributed by atoms with E-state index in [0.717, 1.165) is 21.5 Å². The van der Waals surface area contributed by atoms with Gasteiger partial charge in [0.25, 0.3) is 5.56 Å². The second-order valence-corrected chi connectivity index (χ2v) is 9.03.